The van der Waals surface area contributed by atoms with Gasteiger partial charge in [-0.1, -0.05) is 30.3 Å². The Balaban J connectivity index is 1.90. The van der Waals surface area contributed by atoms with Gasteiger partial charge in [0.15, 0.2) is 11.3 Å². The number of Topliss-reactive ketones (excluding diaryl/α,β-unsaturated/α-hetero) is 1. The van der Waals surface area contributed by atoms with E-state index in [1.807, 2.05) is 17.9 Å². The summed E-state index contributed by atoms with van der Waals surface area (Å²) >= 11 is 0. The summed E-state index contributed by atoms with van der Waals surface area (Å²) in [6, 6.07) is 10.4. The van der Waals surface area contributed by atoms with E-state index < -0.39 is 11.1 Å². The summed E-state index contributed by atoms with van der Waals surface area (Å²) in [5.74, 6) is 0.186. The predicted molar refractivity (Wildman–Crippen MR) is 120 cm³/mol. The van der Waals surface area contributed by atoms with E-state index in [1.165, 1.54) is 0 Å². The number of rotatable bonds is 6. The van der Waals surface area contributed by atoms with E-state index in [2.05, 4.69) is 4.98 Å². The zero-order valence-electron chi connectivity index (χ0n) is 17.9. The maximum Gasteiger partial charge on any atom is 0.294 e. The van der Waals surface area contributed by atoms with Crippen molar-refractivity contribution in [1.82, 2.24) is 18.9 Å². The Hall–Kier alpha value is -3.71. The maximum absolute atomic E-state index is 13.5. The quantitative estimate of drug-likeness (QED) is 0.564. The molecule has 1 saturated heterocycles. The number of aryl methyl sites for hydroxylation is 1. The summed E-state index contributed by atoms with van der Waals surface area (Å²) in [7, 11) is 0. The van der Waals surface area contributed by atoms with Crippen molar-refractivity contribution < 1.29 is 4.79 Å². The molecule has 0 radical (unpaired) electrons. The number of hydrogen-bond donors (Lipinski definition) is 1. The molecule has 1 aromatic carbocycles. The number of nitrogens with two attached hydrogens (primary N) is 1. The second-order valence-corrected chi connectivity index (χ2v) is 7.87. The number of imidazole rings is 1. The maximum atomic E-state index is 13.5. The third kappa shape index (κ3) is 3.71. The molecule has 1 aliphatic heterocycles. The molecular weight excluding hydrogens is 410 g/mol. The Labute approximate surface area is 184 Å². The Morgan fingerprint density at radius 1 is 1.22 bits per heavy atom. The second kappa shape index (κ2) is 8.80. The van der Waals surface area contributed by atoms with Gasteiger partial charge in [-0.05, 0) is 19.8 Å². The molecule has 0 saturated carbocycles. The standard InChI is InChI=1S/C22H25N7O3/c1-2-27-19-18(25-22(27)26-11-6-9-16(24)13-26)20(31)28(12-10-23)29(21(19)32)14-17(30)15-7-4-3-5-8-15/h3-5,7-8,16H,2,6,9,11-14,24H2,1H3. The van der Waals surface area contributed by atoms with Gasteiger partial charge in [-0.3, -0.25) is 14.4 Å². The smallest absolute Gasteiger partial charge is 0.294 e. The van der Waals surface area contributed by atoms with Crippen LogP contribution in [0.15, 0.2) is 39.9 Å². The number of nitriles is 1. The van der Waals surface area contributed by atoms with Crippen LogP contribution in [0.3, 0.4) is 0 Å². The van der Waals surface area contributed by atoms with Crippen molar-refractivity contribution in [3.05, 3.63) is 56.6 Å². The zero-order valence-corrected chi connectivity index (χ0v) is 17.9. The van der Waals surface area contributed by atoms with Crippen LogP contribution >= 0.6 is 0 Å². The third-order valence-corrected chi connectivity index (χ3v) is 5.78. The highest BCUT2D eigenvalue weighted by Crippen LogP contribution is 2.22. The molecule has 0 bridgehead atoms. The average Bonchev–Trinajstić information content (AvgIpc) is 3.20. The first-order valence-electron chi connectivity index (χ1n) is 10.7. The molecule has 166 valence electrons. The fraction of sp³-hybridized carbons (Fsp3) is 0.409. The van der Waals surface area contributed by atoms with Crippen LogP contribution in [-0.2, 0) is 19.6 Å². The Morgan fingerprint density at radius 3 is 2.62 bits per heavy atom. The number of hydrogen-bond acceptors (Lipinski definition) is 7. The van der Waals surface area contributed by atoms with Crippen LogP contribution in [0, 0.1) is 11.3 Å². The Bertz CT molecular complexity index is 1310. The molecule has 0 spiro atoms. The predicted octanol–water partition coefficient (Wildman–Crippen LogP) is 0.714. The van der Waals surface area contributed by atoms with Crippen LogP contribution in [-0.4, -0.2) is 43.8 Å². The number of anilines is 1. The monoisotopic (exact) mass is 435 g/mol. The van der Waals surface area contributed by atoms with Crippen LogP contribution in [0.5, 0.6) is 0 Å². The molecule has 10 nitrogen and oxygen atoms in total. The minimum atomic E-state index is -0.572. The summed E-state index contributed by atoms with van der Waals surface area (Å²) in [6.45, 7) is 2.87. The third-order valence-electron chi connectivity index (χ3n) is 5.78. The van der Waals surface area contributed by atoms with E-state index in [-0.39, 0.29) is 35.9 Å². The van der Waals surface area contributed by atoms with E-state index >= 15 is 0 Å². The molecule has 3 aromatic rings. The zero-order chi connectivity index (χ0) is 22.8. The first kappa shape index (κ1) is 21.5. The van der Waals surface area contributed by atoms with Gasteiger partial charge < -0.3 is 15.2 Å². The van der Waals surface area contributed by atoms with Gasteiger partial charge in [0.25, 0.3) is 11.1 Å². The number of ketones is 1. The van der Waals surface area contributed by atoms with Crippen molar-refractivity contribution in [2.75, 3.05) is 18.0 Å². The number of aromatic nitrogens is 4. The lowest BCUT2D eigenvalue weighted by Crippen LogP contribution is -2.44. The fourth-order valence-corrected chi connectivity index (χ4v) is 4.24. The summed E-state index contributed by atoms with van der Waals surface area (Å²) in [5, 5.41) is 9.26. The first-order valence-corrected chi connectivity index (χ1v) is 10.7. The normalized spacial score (nSPS) is 16.3. The van der Waals surface area contributed by atoms with Gasteiger partial charge in [0.05, 0.1) is 6.07 Å². The van der Waals surface area contributed by atoms with Gasteiger partial charge in [-0.25, -0.2) is 14.3 Å². The van der Waals surface area contributed by atoms with E-state index in [0.29, 0.717) is 24.6 Å². The van der Waals surface area contributed by atoms with Gasteiger partial charge in [0.2, 0.25) is 5.95 Å². The van der Waals surface area contributed by atoms with Crippen molar-refractivity contribution in [2.45, 2.75) is 45.4 Å². The van der Waals surface area contributed by atoms with Crippen LogP contribution < -0.4 is 21.8 Å². The highest BCUT2D eigenvalue weighted by atomic mass is 16.2. The highest BCUT2D eigenvalue weighted by molar-refractivity contribution is 5.95. The molecule has 1 fully saturated rings. The van der Waals surface area contributed by atoms with Gasteiger partial charge in [0, 0.05) is 31.2 Å². The van der Waals surface area contributed by atoms with Crippen molar-refractivity contribution in [3.8, 4) is 6.07 Å². The minimum absolute atomic E-state index is 0.00431. The summed E-state index contributed by atoms with van der Waals surface area (Å²) in [5.41, 5.74) is 5.59. The molecule has 1 unspecified atom stereocenters. The second-order valence-electron chi connectivity index (χ2n) is 7.87. The summed E-state index contributed by atoms with van der Waals surface area (Å²) in [6.07, 6.45) is 1.80. The van der Waals surface area contributed by atoms with E-state index in [4.69, 9.17) is 5.73 Å². The van der Waals surface area contributed by atoms with Crippen LogP contribution in [0.25, 0.3) is 11.0 Å². The van der Waals surface area contributed by atoms with E-state index in [9.17, 15) is 19.6 Å². The van der Waals surface area contributed by atoms with Gasteiger partial charge >= 0.3 is 0 Å². The number of benzene rings is 1. The first-order chi connectivity index (χ1) is 15.5. The van der Waals surface area contributed by atoms with Crippen LogP contribution in [0.2, 0.25) is 0 Å². The van der Waals surface area contributed by atoms with Gasteiger partial charge in [-0.15, -0.1) is 0 Å². The molecule has 0 amide bonds. The molecule has 2 aromatic heterocycles. The summed E-state index contributed by atoms with van der Waals surface area (Å²) in [4.78, 5) is 46.1. The lowest BCUT2D eigenvalue weighted by atomic mass is 10.1. The lowest BCUT2D eigenvalue weighted by Gasteiger charge is -2.31. The molecule has 0 aliphatic carbocycles. The molecule has 10 heteroatoms. The molecular formula is C22H25N7O3. The molecule has 3 heterocycles. The average molecular weight is 435 g/mol. The SMILES string of the molecule is CCn1c(N2CCCC(N)C2)nc2c(=O)n(CC#N)n(CC(=O)c3ccccc3)c(=O)c21. The largest absolute Gasteiger partial charge is 0.341 e. The molecule has 1 aliphatic rings. The molecule has 1 atom stereocenters. The molecule has 32 heavy (non-hydrogen) atoms. The molecule has 4 rings (SSSR count). The van der Waals surface area contributed by atoms with Crippen molar-refractivity contribution >= 4 is 22.8 Å². The van der Waals surface area contributed by atoms with Crippen molar-refractivity contribution in [2.24, 2.45) is 5.73 Å². The van der Waals surface area contributed by atoms with Crippen molar-refractivity contribution in [1.29, 1.82) is 5.26 Å². The van der Waals surface area contributed by atoms with Crippen molar-refractivity contribution in [3.63, 3.8) is 0 Å². The lowest BCUT2D eigenvalue weighted by molar-refractivity contribution is 0.0959. The number of nitrogens with zero attached hydrogens (tertiary/aromatic N) is 6. The Kier molecular flexibility index (Phi) is 5.92. The summed E-state index contributed by atoms with van der Waals surface area (Å²) < 4.78 is 3.77. The van der Waals surface area contributed by atoms with Crippen LogP contribution in [0.1, 0.15) is 30.1 Å². The van der Waals surface area contributed by atoms with Gasteiger partial charge in [0.1, 0.15) is 18.6 Å². The number of piperidine rings is 1. The minimum Gasteiger partial charge on any atom is -0.341 e. The number of fused-ring (bicyclic) bond motifs is 1. The highest BCUT2D eigenvalue weighted by Gasteiger charge is 2.27. The van der Waals surface area contributed by atoms with Gasteiger partial charge in [-0.2, -0.15) is 5.26 Å². The fourth-order valence-electron chi connectivity index (χ4n) is 4.24. The Morgan fingerprint density at radius 2 is 1.97 bits per heavy atom. The number of carbonyl (C=O) groups is 1. The topological polar surface area (TPSA) is 132 Å². The number of carbonyl (C=O) groups excluding carboxylic acids is 1. The molecule has 2 N–H and O–H groups in total. The van der Waals surface area contributed by atoms with E-state index in [0.717, 1.165) is 28.8 Å². The van der Waals surface area contributed by atoms with E-state index in [1.54, 1.807) is 34.9 Å². The van der Waals surface area contributed by atoms with Crippen LogP contribution in [0.4, 0.5) is 5.95 Å².